The van der Waals surface area contributed by atoms with Crippen LogP contribution in [0.25, 0.3) is 0 Å². The molecule has 0 spiro atoms. The van der Waals surface area contributed by atoms with Gasteiger partial charge >= 0.3 is 0 Å². The molecule has 4 aromatic rings. The van der Waals surface area contributed by atoms with Crippen LogP contribution in [0.5, 0.6) is 0 Å². The Morgan fingerprint density at radius 1 is 0.744 bits per heavy atom. The van der Waals surface area contributed by atoms with Gasteiger partial charge in [-0.15, -0.1) is 0 Å². The molecule has 1 atom stereocenters. The van der Waals surface area contributed by atoms with Crippen molar-refractivity contribution in [3.05, 3.63) is 120 Å². The van der Waals surface area contributed by atoms with Crippen molar-refractivity contribution >= 4 is 46.2 Å². The molecule has 0 fully saturated rings. The Hall–Kier alpha value is -5.08. The van der Waals surface area contributed by atoms with Crippen molar-refractivity contribution in [3.8, 4) is 0 Å². The minimum atomic E-state index is -0.720. The standard InChI is InChI=1S/C35H35N5O3/c1-38(2)22-21-31(41)39(3)28-18-16-26(17-19-28)36-33(24-11-7-5-8-12-24)32-29-23-25(15-20-30(29)37-34(32)42)35(43)40(4)27-13-9-6-10-14-27/h5-20,23,32H,21-22H2,1-4H3,(H,37,42). The molecule has 1 heterocycles. The third-order valence-corrected chi connectivity index (χ3v) is 7.55. The average molecular weight is 574 g/mol. The predicted molar refractivity (Wildman–Crippen MR) is 173 cm³/mol. The lowest BCUT2D eigenvalue weighted by Gasteiger charge is -2.19. The van der Waals surface area contributed by atoms with Gasteiger partial charge in [-0.3, -0.25) is 19.4 Å². The highest BCUT2D eigenvalue weighted by molar-refractivity contribution is 6.24. The first-order valence-electron chi connectivity index (χ1n) is 14.2. The number of benzene rings is 4. The minimum Gasteiger partial charge on any atom is -0.325 e. The molecule has 0 bridgehead atoms. The molecular formula is C35H35N5O3. The summed E-state index contributed by atoms with van der Waals surface area (Å²) in [5.74, 6) is -1.08. The second-order valence-electron chi connectivity index (χ2n) is 10.8. The van der Waals surface area contributed by atoms with Crippen LogP contribution in [-0.4, -0.2) is 63.1 Å². The summed E-state index contributed by atoms with van der Waals surface area (Å²) in [4.78, 5) is 49.7. The lowest BCUT2D eigenvalue weighted by atomic mass is 9.89. The van der Waals surface area contributed by atoms with Gasteiger partial charge in [0.05, 0.1) is 11.4 Å². The molecular weight excluding hydrogens is 538 g/mol. The van der Waals surface area contributed by atoms with Gasteiger partial charge in [-0.25, -0.2) is 0 Å². The molecule has 0 aliphatic carbocycles. The van der Waals surface area contributed by atoms with E-state index in [1.165, 1.54) is 0 Å². The SMILES string of the molecule is CN(C)CCC(=O)N(C)c1ccc(N=C(c2ccccc2)C2C(=O)Nc3ccc(C(=O)N(C)c4ccccc4)cc32)cc1. The average Bonchev–Trinajstić information content (AvgIpc) is 3.37. The number of aliphatic imine (C=N–C) groups is 1. The van der Waals surface area contributed by atoms with Gasteiger partial charge in [0.1, 0.15) is 5.92 Å². The zero-order chi connectivity index (χ0) is 30.5. The maximum Gasteiger partial charge on any atom is 0.258 e. The molecule has 8 heteroatoms. The van der Waals surface area contributed by atoms with Crippen LogP contribution in [0.3, 0.4) is 0 Å². The van der Waals surface area contributed by atoms with Crippen molar-refractivity contribution in [2.24, 2.45) is 4.99 Å². The maximum absolute atomic E-state index is 13.5. The number of amides is 3. The molecule has 0 saturated heterocycles. The summed E-state index contributed by atoms with van der Waals surface area (Å²) < 4.78 is 0. The summed E-state index contributed by atoms with van der Waals surface area (Å²) in [5.41, 5.74) is 5.39. The number of carbonyl (C=O) groups is 3. The van der Waals surface area contributed by atoms with E-state index in [0.29, 0.717) is 41.2 Å². The quantitative estimate of drug-likeness (QED) is 0.259. The van der Waals surface area contributed by atoms with Gasteiger partial charge in [0.25, 0.3) is 5.91 Å². The first kappa shape index (κ1) is 29.4. The zero-order valence-electron chi connectivity index (χ0n) is 24.8. The van der Waals surface area contributed by atoms with Crippen LogP contribution in [0.1, 0.15) is 33.8 Å². The predicted octanol–water partition coefficient (Wildman–Crippen LogP) is 5.73. The number of fused-ring (bicyclic) bond motifs is 1. The van der Waals surface area contributed by atoms with Crippen LogP contribution in [0.2, 0.25) is 0 Å². The highest BCUT2D eigenvalue weighted by Gasteiger charge is 2.36. The minimum absolute atomic E-state index is 0.0254. The fourth-order valence-electron chi connectivity index (χ4n) is 5.05. The van der Waals surface area contributed by atoms with Crippen molar-refractivity contribution in [2.75, 3.05) is 49.9 Å². The Kier molecular flexibility index (Phi) is 8.78. The van der Waals surface area contributed by atoms with Crippen LogP contribution < -0.4 is 15.1 Å². The number of nitrogens with zero attached hydrogens (tertiary/aromatic N) is 4. The van der Waals surface area contributed by atoms with E-state index in [0.717, 1.165) is 16.9 Å². The number of anilines is 3. The van der Waals surface area contributed by atoms with Gasteiger partial charge in [0.2, 0.25) is 11.8 Å². The summed E-state index contributed by atoms with van der Waals surface area (Å²) in [6, 6.07) is 31.7. The first-order valence-corrected chi connectivity index (χ1v) is 14.2. The Balaban J connectivity index is 1.48. The molecule has 8 nitrogen and oxygen atoms in total. The van der Waals surface area contributed by atoms with Crippen molar-refractivity contribution in [1.29, 1.82) is 0 Å². The third-order valence-electron chi connectivity index (χ3n) is 7.55. The molecule has 3 amide bonds. The number of nitrogens with one attached hydrogen (secondary N) is 1. The van der Waals surface area contributed by atoms with Crippen LogP contribution in [0.15, 0.2) is 108 Å². The Morgan fingerprint density at radius 3 is 2.02 bits per heavy atom. The molecule has 4 aromatic carbocycles. The lowest BCUT2D eigenvalue weighted by Crippen LogP contribution is -2.29. The fraction of sp³-hybridized carbons (Fsp3) is 0.200. The number of carbonyl (C=O) groups excluding carboxylic acids is 3. The van der Waals surface area contributed by atoms with Crippen LogP contribution >= 0.6 is 0 Å². The number of hydrogen-bond donors (Lipinski definition) is 1. The highest BCUT2D eigenvalue weighted by Crippen LogP contribution is 2.37. The van der Waals surface area contributed by atoms with E-state index < -0.39 is 5.92 Å². The fourth-order valence-corrected chi connectivity index (χ4v) is 5.05. The second kappa shape index (κ2) is 12.8. The van der Waals surface area contributed by atoms with E-state index in [-0.39, 0.29) is 17.7 Å². The van der Waals surface area contributed by atoms with E-state index in [1.807, 2.05) is 104 Å². The molecule has 0 saturated carbocycles. The monoisotopic (exact) mass is 573 g/mol. The highest BCUT2D eigenvalue weighted by atomic mass is 16.2. The van der Waals surface area contributed by atoms with E-state index >= 15 is 0 Å². The molecule has 1 unspecified atom stereocenters. The van der Waals surface area contributed by atoms with Gasteiger partial charge in [0.15, 0.2) is 0 Å². The van der Waals surface area contributed by atoms with E-state index in [9.17, 15) is 14.4 Å². The lowest BCUT2D eigenvalue weighted by molar-refractivity contribution is -0.118. The maximum atomic E-state index is 13.5. The molecule has 1 aliphatic rings. The Morgan fingerprint density at radius 2 is 1.37 bits per heavy atom. The van der Waals surface area contributed by atoms with E-state index in [4.69, 9.17) is 4.99 Å². The molecule has 0 radical (unpaired) electrons. The molecule has 0 aromatic heterocycles. The summed E-state index contributed by atoms with van der Waals surface area (Å²) in [6.07, 6.45) is 0.420. The number of rotatable bonds is 9. The summed E-state index contributed by atoms with van der Waals surface area (Å²) >= 11 is 0. The molecule has 1 N–H and O–H groups in total. The number of hydrogen-bond acceptors (Lipinski definition) is 5. The van der Waals surface area contributed by atoms with Gasteiger partial charge < -0.3 is 20.0 Å². The smallest absolute Gasteiger partial charge is 0.258 e. The molecule has 218 valence electrons. The molecule has 1 aliphatic heterocycles. The molecule has 43 heavy (non-hydrogen) atoms. The van der Waals surface area contributed by atoms with Gasteiger partial charge in [-0.2, -0.15) is 0 Å². The largest absolute Gasteiger partial charge is 0.325 e. The topological polar surface area (TPSA) is 85.3 Å². The first-order chi connectivity index (χ1) is 20.7. The zero-order valence-corrected chi connectivity index (χ0v) is 24.8. The van der Waals surface area contributed by atoms with Crippen molar-refractivity contribution in [2.45, 2.75) is 12.3 Å². The third kappa shape index (κ3) is 6.55. The second-order valence-corrected chi connectivity index (χ2v) is 10.8. The number of para-hydroxylation sites is 1. The van der Waals surface area contributed by atoms with Crippen LogP contribution in [0, 0.1) is 0 Å². The Bertz CT molecular complexity index is 1650. The van der Waals surface area contributed by atoms with Crippen molar-refractivity contribution in [3.63, 3.8) is 0 Å². The summed E-state index contributed by atoms with van der Waals surface area (Å²) in [5, 5.41) is 2.97. The van der Waals surface area contributed by atoms with Gasteiger partial charge in [-0.05, 0) is 79.8 Å². The Labute approximate surface area is 252 Å². The van der Waals surface area contributed by atoms with Crippen LogP contribution in [-0.2, 0) is 9.59 Å². The normalized spacial score (nSPS) is 14.3. The summed E-state index contributed by atoms with van der Waals surface area (Å²) in [7, 11) is 7.38. The van der Waals surface area contributed by atoms with E-state index in [1.54, 1.807) is 42.1 Å². The summed E-state index contributed by atoms with van der Waals surface area (Å²) in [6.45, 7) is 0.673. The van der Waals surface area contributed by atoms with Crippen molar-refractivity contribution in [1.82, 2.24) is 4.90 Å². The molecule has 5 rings (SSSR count). The van der Waals surface area contributed by atoms with Gasteiger partial charge in [0, 0.05) is 49.7 Å². The van der Waals surface area contributed by atoms with Crippen LogP contribution in [0.4, 0.5) is 22.7 Å². The van der Waals surface area contributed by atoms with E-state index in [2.05, 4.69) is 5.32 Å². The van der Waals surface area contributed by atoms with Gasteiger partial charge in [-0.1, -0.05) is 48.5 Å². The van der Waals surface area contributed by atoms with Crippen molar-refractivity contribution < 1.29 is 14.4 Å².